The Kier molecular flexibility index (Phi) is 5.51. The molecule has 2 heterocycles. The van der Waals surface area contributed by atoms with Crippen LogP contribution in [0, 0.1) is 11.3 Å². The summed E-state index contributed by atoms with van der Waals surface area (Å²) >= 11 is 1.30. The van der Waals surface area contributed by atoms with E-state index in [9.17, 15) is 14.9 Å². The van der Waals surface area contributed by atoms with E-state index in [1.807, 2.05) is 6.07 Å². The minimum absolute atomic E-state index is 0.0472. The van der Waals surface area contributed by atoms with Gasteiger partial charge in [0.2, 0.25) is 0 Å². The van der Waals surface area contributed by atoms with Crippen molar-refractivity contribution in [2.45, 2.75) is 13.0 Å². The molecule has 2 N–H and O–H groups in total. The quantitative estimate of drug-likeness (QED) is 0.859. The van der Waals surface area contributed by atoms with Crippen LogP contribution in [0.1, 0.15) is 26.4 Å². The van der Waals surface area contributed by atoms with Crippen LogP contribution >= 0.6 is 11.3 Å². The maximum Gasteiger partial charge on any atom is 0.410 e. The van der Waals surface area contributed by atoms with Gasteiger partial charge in [-0.3, -0.25) is 4.79 Å². The summed E-state index contributed by atoms with van der Waals surface area (Å²) < 4.78 is 4.94. The summed E-state index contributed by atoms with van der Waals surface area (Å²) in [4.78, 5) is 26.7. The molecule has 1 aliphatic rings. The van der Waals surface area contributed by atoms with Crippen molar-refractivity contribution in [1.82, 2.24) is 4.90 Å². The maximum atomic E-state index is 12.4. The first-order valence-electron chi connectivity index (χ1n) is 8.07. The van der Waals surface area contributed by atoms with Crippen LogP contribution in [-0.4, -0.2) is 41.8 Å². The number of ether oxygens (including phenoxy) is 1. The van der Waals surface area contributed by atoms with Crippen LogP contribution in [-0.2, 0) is 17.7 Å². The lowest BCUT2D eigenvalue weighted by Crippen LogP contribution is -2.36. The van der Waals surface area contributed by atoms with Crippen molar-refractivity contribution in [3.8, 4) is 6.07 Å². The van der Waals surface area contributed by atoms with Gasteiger partial charge in [-0.1, -0.05) is 18.2 Å². The Morgan fingerprint density at radius 2 is 2.12 bits per heavy atom. The van der Waals surface area contributed by atoms with Gasteiger partial charge in [-0.05, 0) is 24.1 Å². The Morgan fingerprint density at radius 3 is 2.81 bits per heavy atom. The number of benzene rings is 1. The van der Waals surface area contributed by atoms with Crippen molar-refractivity contribution in [2.24, 2.45) is 0 Å². The first-order chi connectivity index (χ1) is 12.6. The molecular weight excluding hydrogens is 354 g/mol. The Balaban J connectivity index is 1.78. The SMILES string of the molecule is N#Cc1c(NC(=O)c2ccccc2)sc2c1CCN(C(=O)OCCO)C2. The Hall–Kier alpha value is -2.89. The fraction of sp³-hybridized carbons (Fsp3) is 0.278. The highest BCUT2D eigenvalue weighted by atomic mass is 32.1. The number of nitrogens with one attached hydrogen (secondary N) is 1. The van der Waals surface area contributed by atoms with E-state index in [1.54, 1.807) is 24.3 Å². The number of amides is 2. The number of carbonyl (C=O) groups excluding carboxylic acids is 2. The van der Waals surface area contributed by atoms with E-state index < -0.39 is 6.09 Å². The second-order valence-electron chi connectivity index (χ2n) is 5.65. The predicted molar refractivity (Wildman–Crippen MR) is 96.0 cm³/mol. The molecule has 2 amide bonds. The molecule has 0 atom stereocenters. The summed E-state index contributed by atoms with van der Waals surface area (Å²) in [5.74, 6) is -0.278. The zero-order chi connectivity index (χ0) is 18.5. The predicted octanol–water partition coefficient (Wildman–Crippen LogP) is 2.36. The monoisotopic (exact) mass is 371 g/mol. The van der Waals surface area contributed by atoms with Gasteiger partial charge in [-0.15, -0.1) is 11.3 Å². The van der Waals surface area contributed by atoms with Crippen LogP contribution in [0.2, 0.25) is 0 Å². The maximum absolute atomic E-state index is 12.4. The molecule has 2 aromatic rings. The van der Waals surface area contributed by atoms with Crippen molar-refractivity contribution in [3.63, 3.8) is 0 Å². The third-order valence-corrected chi connectivity index (χ3v) is 5.14. The van der Waals surface area contributed by atoms with Gasteiger partial charge in [-0.2, -0.15) is 5.26 Å². The molecule has 0 saturated carbocycles. The molecule has 134 valence electrons. The van der Waals surface area contributed by atoms with E-state index in [0.29, 0.717) is 35.6 Å². The molecule has 7 nitrogen and oxygen atoms in total. The van der Waals surface area contributed by atoms with E-state index in [4.69, 9.17) is 9.84 Å². The van der Waals surface area contributed by atoms with Gasteiger partial charge in [-0.25, -0.2) is 4.79 Å². The number of rotatable bonds is 4. The highest BCUT2D eigenvalue weighted by Crippen LogP contribution is 2.37. The number of hydrogen-bond acceptors (Lipinski definition) is 6. The third-order valence-electron chi connectivity index (χ3n) is 4.01. The zero-order valence-electron chi connectivity index (χ0n) is 13.9. The van der Waals surface area contributed by atoms with E-state index in [-0.39, 0.29) is 19.1 Å². The number of carbonyl (C=O) groups is 2. The fourth-order valence-corrected chi connectivity index (χ4v) is 3.96. The molecule has 1 aromatic heterocycles. The molecular formula is C18H17N3O4S. The topological polar surface area (TPSA) is 103 Å². The molecule has 0 bridgehead atoms. The van der Waals surface area contributed by atoms with Gasteiger partial charge in [0, 0.05) is 17.0 Å². The van der Waals surface area contributed by atoms with Gasteiger partial charge in [0.1, 0.15) is 17.7 Å². The molecule has 0 unspecified atom stereocenters. The molecule has 0 radical (unpaired) electrons. The fourth-order valence-electron chi connectivity index (χ4n) is 2.75. The van der Waals surface area contributed by atoms with Gasteiger partial charge in [0.15, 0.2) is 0 Å². The molecule has 8 heteroatoms. The molecule has 0 saturated heterocycles. The van der Waals surface area contributed by atoms with Crippen LogP contribution in [0.25, 0.3) is 0 Å². The summed E-state index contributed by atoms with van der Waals surface area (Å²) in [5, 5.41) is 21.6. The largest absolute Gasteiger partial charge is 0.447 e. The number of aliphatic hydroxyl groups excluding tert-OH is 1. The summed E-state index contributed by atoms with van der Waals surface area (Å²) in [6.45, 7) is 0.474. The smallest absolute Gasteiger partial charge is 0.410 e. The zero-order valence-corrected chi connectivity index (χ0v) is 14.7. The van der Waals surface area contributed by atoms with Crippen LogP contribution in [0.15, 0.2) is 30.3 Å². The minimum atomic E-state index is -0.494. The molecule has 0 spiro atoms. The van der Waals surface area contributed by atoms with Crippen LogP contribution < -0.4 is 5.32 Å². The van der Waals surface area contributed by atoms with Gasteiger partial charge < -0.3 is 20.1 Å². The molecule has 1 aliphatic heterocycles. The van der Waals surface area contributed by atoms with Crippen LogP contribution in [0.4, 0.5) is 9.80 Å². The third kappa shape index (κ3) is 3.69. The van der Waals surface area contributed by atoms with E-state index in [2.05, 4.69) is 11.4 Å². The van der Waals surface area contributed by atoms with E-state index >= 15 is 0 Å². The highest BCUT2D eigenvalue weighted by molar-refractivity contribution is 7.16. The van der Waals surface area contributed by atoms with Crippen molar-refractivity contribution >= 4 is 28.3 Å². The van der Waals surface area contributed by atoms with Gasteiger partial charge in [0.25, 0.3) is 5.91 Å². The minimum Gasteiger partial charge on any atom is -0.447 e. The number of aliphatic hydroxyl groups is 1. The summed E-state index contributed by atoms with van der Waals surface area (Å²) in [5.41, 5.74) is 1.83. The standard InChI is InChI=1S/C18H17N3O4S/c19-10-14-13-6-7-21(18(24)25-9-8-22)11-15(13)26-17(14)20-16(23)12-4-2-1-3-5-12/h1-5,22H,6-9,11H2,(H,20,23). The Labute approximate surface area is 154 Å². The van der Waals surface area contributed by atoms with Crippen molar-refractivity contribution < 1.29 is 19.4 Å². The number of fused-ring (bicyclic) bond motifs is 1. The number of thiophene rings is 1. The number of hydrogen-bond donors (Lipinski definition) is 2. The van der Waals surface area contributed by atoms with Crippen LogP contribution in [0.3, 0.4) is 0 Å². The summed E-state index contributed by atoms with van der Waals surface area (Å²) in [6, 6.07) is 10.9. The number of nitriles is 1. The first kappa shape index (κ1) is 17.9. The second-order valence-corrected chi connectivity index (χ2v) is 6.75. The van der Waals surface area contributed by atoms with Gasteiger partial charge in [0.05, 0.1) is 18.7 Å². The molecule has 26 heavy (non-hydrogen) atoms. The lowest BCUT2D eigenvalue weighted by atomic mass is 10.0. The summed E-state index contributed by atoms with van der Waals surface area (Å²) in [7, 11) is 0. The van der Waals surface area contributed by atoms with E-state index in [1.165, 1.54) is 16.2 Å². The average molecular weight is 371 g/mol. The molecule has 3 rings (SSSR count). The lowest BCUT2D eigenvalue weighted by molar-refractivity contribution is 0.0809. The number of nitrogens with zero attached hydrogens (tertiary/aromatic N) is 2. The molecule has 1 aromatic carbocycles. The van der Waals surface area contributed by atoms with Crippen LogP contribution in [0.5, 0.6) is 0 Å². The molecule has 0 aliphatic carbocycles. The first-order valence-corrected chi connectivity index (χ1v) is 8.89. The van der Waals surface area contributed by atoms with E-state index in [0.717, 1.165) is 10.4 Å². The Bertz CT molecular complexity index is 857. The second kappa shape index (κ2) is 7.99. The summed E-state index contributed by atoms with van der Waals surface area (Å²) in [6.07, 6.45) is 0.0240. The van der Waals surface area contributed by atoms with Crippen molar-refractivity contribution in [1.29, 1.82) is 5.26 Å². The highest BCUT2D eigenvalue weighted by Gasteiger charge is 2.28. The van der Waals surface area contributed by atoms with Crippen molar-refractivity contribution in [2.75, 3.05) is 25.1 Å². The molecule has 0 fully saturated rings. The van der Waals surface area contributed by atoms with Gasteiger partial charge >= 0.3 is 6.09 Å². The normalized spacial score (nSPS) is 12.8. The number of anilines is 1. The Morgan fingerprint density at radius 1 is 1.35 bits per heavy atom. The van der Waals surface area contributed by atoms with Crippen molar-refractivity contribution in [3.05, 3.63) is 51.9 Å². The average Bonchev–Trinajstić information content (AvgIpc) is 3.02. The lowest BCUT2D eigenvalue weighted by Gasteiger charge is -2.26.